The molecule has 1 saturated heterocycles. The number of carbonyl (C=O) groups excluding carboxylic acids is 2. The molecule has 1 aliphatic heterocycles. The van der Waals surface area contributed by atoms with Crippen LogP contribution in [0.2, 0.25) is 0 Å². The minimum atomic E-state index is -0.998. The zero-order valence-electron chi connectivity index (χ0n) is 8.04. The van der Waals surface area contributed by atoms with Gasteiger partial charge in [0, 0.05) is 12.8 Å². The highest BCUT2D eigenvalue weighted by atomic mass is 16.5. The average molecular weight is 217 g/mol. The van der Waals surface area contributed by atoms with Crippen LogP contribution in [0.15, 0.2) is 12.3 Å². The molecule has 2 N–H and O–H groups in total. The molecule has 0 bridgehead atoms. The third-order valence-electron chi connectivity index (χ3n) is 1.37. The number of ether oxygens (including phenoxy) is 1. The number of hydroxylamine groups is 2. The number of hydrogen-bond donors (Lipinski definition) is 2. The molecule has 1 fully saturated rings. The molecule has 0 spiro atoms. The summed E-state index contributed by atoms with van der Waals surface area (Å²) < 4.78 is 4.29. The summed E-state index contributed by atoms with van der Waals surface area (Å²) in [7, 11) is 1.39. The molecule has 1 heterocycles. The van der Waals surface area contributed by atoms with E-state index >= 15 is 0 Å². The number of methoxy groups -OCH3 is 1. The van der Waals surface area contributed by atoms with Crippen molar-refractivity contribution in [3.05, 3.63) is 12.3 Å². The number of rotatable bonds is 2. The second kappa shape index (κ2) is 6.55. The lowest BCUT2D eigenvalue weighted by molar-refractivity contribution is -0.171. The van der Waals surface area contributed by atoms with Crippen LogP contribution in [0.1, 0.15) is 12.8 Å². The first-order valence-electron chi connectivity index (χ1n) is 3.96. The van der Waals surface area contributed by atoms with Crippen molar-refractivity contribution in [2.75, 3.05) is 7.11 Å². The number of hydrogen-bond acceptors (Lipinski definition) is 5. The van der Waals surface area contributed by atoms with Gasteiger partial charge in [-0.15, -0.1) is 0 Å². The maximum absolute atomic E-state index is 10.2. The van der Waals surface area contributed by atoms with Gasteiger partial charge < -0.3 is 9.84 Å². The predicted octanol–water partition coefficient (Wildman–Crippen LogP) is -0.244. The number of carboxylic acid groups (broad SMARTS) is 1. The highest BCUT2D eigenvalue weighted by Gasteiger charge is 2.26. The molecule has 0 saturated carbocycles. The average Bonchev–Trinajstić information content (AvgIpc) is 2.47. The maximum atomic E-state index is 10.2. The zero-order chi connectivity index (χ0) is 11.8. The van der Waals surface area contributed by atoms with E-state index in [4.69, 9.17) is 10.3 Å². The number of imide groups is 1. The van der Waals surface area contributed by atoms with Crippen LogP contribution < -0.4 is 0 Å². The summed E-state index contributed by atoms with van der Waals surface area (Å²) in [5.41, 5.74) is 0. The third-order valence-corrected chi connectivity index (χ3v) is 1.37. The molecule has 0 unspecified atom stereocenters. The van der Waals surface area contributed by atoms with E-state index in [2.05, 4.69) is 4.74 Å². The smallest absolute Gasteiger partial charge is 0.331 e. The molecule has 0 atom stereocenters. The van der Waals surface area contributed by atoms with Gasteiger partial charge in [0.05, 0.1) is 19.4 Å². The molecule has 84 valence electrons. The minimum absolute atomic E-state index is 0.148. The Balaban J connectivity index is 0.000000265. The number of carbonyl (C=O) groups is 3. The van der Waals surface area contributed by atoms with Gasteiger partial charge in [0.15, 0.2) is 0 Å². The van der Waals surface area contributed by atoms with Crippen LogP contribution in [0.3, 0.4) is 0 Å². The molecule has 0 aromatic heterocycles. The van der Waals surface area contributed by atoms with Crippen LogP contribution in [0.5, 0.6) is 0 Å². The van der Waals surface area contributed by atoms with E-state index in [-0.39, 0.29) is 17.9 Å². The standard InChI is InChI=1S/C4H5NO3.C4H6O3/c6-3-1-2-4(7)5(3)8;1-7-3-2-4(5)6/h8H,1-2H2;2-3H,1H3,(H,5,6)/b;3-2+. The summed E-state index contributed by atoms with van der Waals surface area (Å²) in [6.07, 6.45) is 2.31. The van der Waals surface area contributed by atoms with E-state index in [0.717, 1.165) is 12.3 Å². The molecule has 7 heteroatoms. The fourth-order valence-electron chi connectivity index (χ4n) is 0.691. The Morgan fingerprint density at radius 1 is 1.40 bits per heavy atom. The molecule has 0 aliphatic carbocycles. The van der Waals surface area contributed by atoms with Gasteiger partial charge in [0.25, 0.3) is 11.8 Å². The molecule has 0 aromatic rings. The number of amides is 2. The molecular weight excluding hydrogens is 206 g/mol. The second-order valence-electron chi connectivity index (χ2n) is 2.48. The monoisotopic (exact) mass is 217 g/mol. The first-order valence-corrected chi connectivity index (χ1v) is 3.96. The molecular formula is C8H11NO6. The fraction of sp³-hybridized carbons (Fsp3) is 0.375. The van der Waals surface area contributed by atoms with Crippen LogP contribution in [0, 0.1) is 0 Å². The maximum Gasteiger partial charge on any atom is 0.331 e. The summed E-state index contributed by atoms with van der Waals surface area (Å²) >= 11 is 0. The quantitative estimate of drug-likeness (QED) is 0.286. The van der Waals surface area contributed by atoms with Crippen molar-refractivity contribution in [2.45, 2.75) is 12.8 Å². The summed E-state index contributed by atoms with van der Waals surface area (Å²) in [6, 6.07) is 0. The Morgan fingerprint density at radius 3 is 2.00 bits per heavy atom. The Labute approximate surface area is 85.5 Å². The van der Waals surface area contributed by atoms with E-state index in [1.165, 1.54) is 7.11 Å². The summed E-state index contributed by atoms with van der Waals surface area (Å²) in [5.74, 6) is -2.01. The summed E-state index contributed by atoms with van der Waals surface area (Å²) in [5, 5.41) is 16.4. The van der Waals surface area contributed by atoms with Gasteiger partial charge in [-0.05, 0) is 0 Å². The fourth-order valence-corrected chi connectivity index (χ4v) is 0.691. The number of aliphatic carboxylic acids is 1. The number of nitrogens with zero attached hydrogens (tertiary/aromatic N) is 1. The minimum Gasteiger partial charge on any atom is -0.504 e. The van der Waals surface area contributed by atoms with Crippen LogP contribution in [0.4, 0.5) is 0 Å². The van der Waals surface area contributed by atoms with Crippen LogP contribution in [-0.4, -0.2) is 40.3 Å². The van der Waals surface area contributed by atoms with Gasteiger partial charge >= 0.3 is 5.97 Å². The van der Waals surface area contributed by atoms with Crippen LogP contribution in [-0.2, 0) is 19.1 Å². The first-order chi connectivity index (χ1) is 6.99. The highest BCUT2D eigenvalue weighted by Crippen LogP contribution is 2.06. The van der Waals surface area contributed by atoms with E-state index in [9.17, 15) is 14.4 Å². The zero-order valence-corrected chi connectivity index (χ0v) is 8.04. The van der Waals surface area contributed by atoms with Gasteiger partial charge in [0.2, 0.25) is 0 Å². The second-order valence-corrected chi connectivity index (χ2v) is 2.48. The molecule has 2 amide bonds. The van der Waals surface area contributed by atoms with E-state index in [1.54, 1.807) is 0 Å². The lowest BCUT2D eigenvalue weighted by atomic mass is 10.4. The molecule has 0 aromatic carbocycles. The van der Waals surface area contributed by atoms with Crippen LogP contribution in [0.25, 0.3) is 0 Å². The molecule has 0 radical (unpaired) electrons. The number of carboxylic acids is 1. The van der Waals surface area contributed by atoms with Gasteiger partial charge in [-0.2, -0.15) is 5.06 Å². The summed E-state index contributed by atoms with van der Waals surface area (Å²) in [4.78, 5) is 30.1. The first kappa shape index (κ1) is 13.1. The highest BCUT2D eigenvalue weighted by molar-refractivity contribution is 6.00. The Hall–Kier alpha value is -1.89. The van der Waals surface area contributed by atoms with Crippen LogP contribution >= 0.6 is 0 Å². The Bertz CT molecular complexity index is 269. The van der Waals surface area contributed by atoms with Crippen molar-refractivity contribution in [3.63, 3.8) is 0 Å². The van der Waals surface area contributed by atoms with Crippen molar-refractivity contribution in [2.24, 2.45) is 0 Å². The van der Waals surface area contributed by atoms with Crippen molar-refractivity contribution in [1.29, 1.82) is 0 Å². The molecule has 7 nitrogen and oxygen atoms in total. The molecule has 15 heavy (non-hydrogen) atoms. The molecule has 1 rings (SSSR count). The van der Waals surface area contributed by atoms with E-state index < -0.39 is 17.8 Å². The molecule has 1 aliphatic rings. The van der Waals surface area contributed by atoms with Crippen molar-refractivity contribution in [3.8, 4) is 0 Å². The Morgan fingerprint density at radius 2 is 1.87 bits per heavy atom. The van der Waals surface area contributed by atoms with Gasteiger partial charge in [0.1, 0.15) is 0 Å². The normalized spacial score (nSPS) is 15.2. The van der Waals surface area contributed by atoms with Gasteiger partial charge in [-0.25, -0.2) is 4.79 Å². The van der Waals surface area contributed by atoms with Crippen molar-refractivity contribution < 1.29 is 29.4 Å². The third kappa shape index (κ3) is 5.42. The predicted molar refractivity (Wildman–Crippen MR) is 46.7 cm³/mol. The van der Waals surface area contributed by atoms with E-state index in [0.29, 0.717) is 0 Å². The van der Waals surface area contributed by atoms with Gasteiger partial charge in [-0.3, -0.25) is 14.8 Å². The van der Waals surface area contributed by atoms with E-state index in [1.807, 2.05) is 0 Å². The van der Waals surface area contributed by atoms with Gasteiger partial charge in [-0.1, -0.05) is 0 Å². The Kier molecular flexibility index (Phi) is 5.72. The lowest BCUT2D eigenvalue weighted by Crippen LogP contribution is -2.24. The largest absolute Gasteiger partial charge is 0.504 e. The SMILES string of the molecule is CO/C=C/C(=O)O.O=C1CCC(=O)N1O. The lowest BCUT2D eigenvalue weighted by Gasteiger charge is -1.98. The topological polar surface area (TPSA) is 104 Å². The van der Waals surface area contributed by atoms with Crippen molar-refractivity contribution >= 4 is 17.8 Å². The van der Waals surface area contributed by atoms with Crippen molar-refractivity contribution in [1.82, 2.24) is 5.06 Å². The summed E-state index contributed by atoms with van der Waals surface area (Å²) in [6.45, 7) is 0.